The van der Waals surface area contributed by atoms with Crippen LogP contribution in [-0.4, -0.2) is 19.9 Å². The summed E-state index contributed by atoms with van der Waals surface area (Å²) in [6, 6.07) is 0. The summed E-state index contributed by atoms with van der Waals surface area (Å²) in [4.78, 5) is 0. The monoisotopic (exact) mass is 226 g/mol. The number of hydrogen-bond acceptors (Lipinski definition) is 1. The Morgan fingerprint density at radius 3 is 2.58 bits per heavy atom. The first-order valence-corrected chi connectivity index (χ1v) is 8.79. The zero-order chi connectivity index (χ0) is 9.45. The maximum absolute atomic E-state index is 5.84. The van der Waals surface area contributed by atoms with E-state index in [4.69, 9.17) is 26.9 Å². The van der Waals surface area contributed by atoms with Gasteiger partial charge in [-0.3, -0.25) is 0 Å². The maximum atomic E-state index is 5.84. The van der Waals surface area contributed by atoms with Gasteiger partial charge in [0.2, 0.25) is 0 Å². The Morgan fingerprint density at radius 2 is 2.08 bits per heavy atom. The summed E-state index contributed by atoms with van der Waals surface area (Å²) in [6.45, 7) is 3.41. The Labute approximate surface area is 85.1 Å². The van der Waals surface area contributed by atoms with E-state index in [1.54, 1.807) is 0 Å². The molecule has 0 unspecified atom stereocenters. The molecule has 0 aliphatic heterocycles. The molecule has 0 amide bonds. The number of rotatable bonds is 6. The summed E-state index contributed by atoms with van der Waals surface area (Å²) in [5.74, 6) is 0. The van der Waals surface area contributed by atoms with Crippen molar-refractivity contribution in [3.63, 3.8) is 0 Å². The normalized spacial score (nSPS) is 12.7. The predicted molar refractivity (Wildman–Crippen MR) is 58.2 cm³/mol. The second-order valence-corrected chi connectivity index (χ2v) is 10.3. The van der Waals surface area contributed by atoms with Crippen LogP contribution in [0.4, 0.5) is 0 Å². The standard InChI is InChI=1S/C8H16Cl2OSi/c1-3-4-6-11-7-5-8-12(2,9)10/h5,8H,3-4,6-7H2,1-2H3/b8-5+. The van der Waals surface area contributed by atoms with Gasteiger partial charge in [0.1, 0.15) is 0 Å². The van der Waals surface area contributed by atoms with Gasteiger partial charge in [-0.15, -0.1) is 22.2 Å². The van der Waals surface area contributed by atoms with Gasteiger partial charge in [-0.1, -0.05) is 25.1 Å². The quantitative estimate of drug-likeness (QED) is 0.383. The molecule has 72 valence electrons. The van der Waals surface area contributed by atoms with Crippen LogP contribution < -0.4 is 0 Å². The summed E-state index contributed by atoms with van der Waals surface area (Å²) >= 11 is 11.7. The van der Waals surface area contributed by atoms with E-state index in [0.29, 0.717) is 6.61 Å². The predicted octanol–water partition coefficient (Wildman–Crippen LogP) is 3.45. The van der Waals surface area contributed by atoms with Gasteiger partial charge in [-0.25, -0.2) is 0 Å². The molecule has 0 saturated heterocycles. The lowest BCUT2D eigenvalue weighted by atomic mass is 10.4. The van der Waals surface area contributed by atoms with Crippen LogP contribution in [-0.2, 0) is 4.74 Å². The first kappa shape index (κ1) is 12.5. The van der Waals surface area contributed by atoms with Crippen molar-refractivity contribution in [2.24, 2.45) is 0 Å². The fourth-order valence-corrected chi connectivity index (χ4v) is 1.70. The molecule has 0 saturated carbocycles. The molecule has 0 aromatic carbocycles. The van der Waals surface area contributed by atoms with Gasteiger partial charge in [-0.05, 0) is 13.0 Å². The summed E-state index contributed by atoms with van der Waals surface area (Å²) in [5.41, 5.74) is 1.86. The highest BCUT2D eigenvalue weighted by atomic mass is 35.7. The van der Waals surface area contributed by atoms with E-state index >= 15 is 0 Å². The number of halogens is 2. The van der Waals surface area contributed by atoms with Crippen LogP contribution in [0.5, 0.6) is 0 Å². The highest BCUT2D eigenvalue weighted by molar-refractivity contribution is 7.47. The van der Waals surface area contributed by atoms with E-state index in [9.17, 15) is 0 Å². The minimum absolute atomic E-state index is 0.627. The fraction of sp³-hybridized carbons (Fsp3) is 0.750. The average Bonchev–Trinajstić information content (AvgIpc) is 1.94. The molecule has 0 aromatic rings. The van der Waals surface area contributed by atoms with Crippen LogP contribution in [0.2, 0.25) is 6.55 Å². The number of ether oxygens (including phenoxy) is 1. The lowest BCUT2D eigenvalue weighted by Gasteiger charge is -2.02. The second kappa shape index (κ2) is 6.95. The topological polar surface area (TPSA) is 9.23 Å². The summed E-state index contributed by atoms with van der Waals surface area (Å²) < 4.78 is 5.29. The third-order valence-electron chi connectivity index (χ3n) is 1.27. The molecule has 0 aliphatic rings. The first-order valence-electron chi connectivity index (χ1n) is 4.19. The van der Waals surface area contributed by atoms with Crippen LogP contribution in [0.15, 0.2) is 11.8 Å². The smallest absolute Gasteiger partial charge is 0.270 e. The Morgan fingerprint density at radius 1 is 1.42 bits per heavy atom. The Kier molecular flexibility index (Phi) is 7.24. The van der Waals surface area contributed by atoms with Gasteiger partial charge in [0.15, 0.2) is 0 Å². The highest BCUT2D eigenvalue weighted by Gasteiger charge is 2.14. The lowest BCUT2D eigenvalue weighted by molar-refractivity contribution is 0.159. The minimum Gasteiger partial charge on any atom is -0.377 e. The van der Waals surface area contributed by atoms with Crippen molar-refractivity contribution in [3.05, 3.63) is 11.8 Å². The van der Waals surface area contributed by atoms with Crippen LogP contribution >= 0.6 is 22.2 Å². The van der Waals surface area contributed by atoms with Crippen molar-refractivity contribution in [1.82, 2.24) is 0 Å². The molecule has 4 heteroatoms. The molecule has 0 N–H and O–H groups in total. The molecule has 0 bridgehead atoms. The molecule has 0 spiro atoms. The van der Waals surface area contributed by atoms with E-state index < -0.39 is 6.69 Å². The van der Waals surface area contributed by atoms with Crippen molar-refractivity contribution in [3.8, 4) is 0 Å². The van der Waals surface area contributed by atoms with E-state index in [0.717, 1.165) is 13.0 Å². The first-order chi connectivity index (χ1) is 5.56. The Hall–Kier alpha value is 0.497. The van der Waals surface area contributed by atoms with E-state index in [1.807, 2.05) is 18.3 Å². The van der Waals surface area contributed by atoms with Gasteiger partial charge < -0.3 is 4.74 Å². The molecule has 12 heavy (non-hydrogen) atoms. The van der Waals surface area contributed by atoms with E-state index in [2.05, 4.69) is 6.92 Å². The fourth-order valence-electron chi connectivity index (χ4n) is 0.653. The molecule has 0 fully saturated rings. The molecule has 0 rings (SSSR count). The molecule has 1 nitrogen and oxygen atoms in total. The van der Waals surface area contributed by atoms with Gasteiger partial charge >= 0.3 is 0 Å². The van der Waals surface area contributed by atoms with Crippen molar-refractivity contribution >= 4 is 28.9 Å². The molecule has 0 heterocycles. The van der Waals surface area contributed by atoms with Crippen molar-refractivity contribution < 1.29 is 4.74 Å². The Bertz CT molecular complexity index is 132. The lowest BCUT2D eigenvalue weighted by Crippen LogP contribution is -2.08. The largest absolute Gasteiger partial charge is 0.377 e. The summed E-state index contributed by atoms with van der Waals surface area (Å²) in [5, 5.41) is 0. The Balaban J connectivity index is 3.25. The van der Waals surface area contributed by atoms with E-state index in [-0.39, 0.29) is 0 Å². The average molecular weight is 227 g/mol. The zero-order valence-electron chi connectivity index (χ0n) is 7.65. The highest BCUT2D eigenvalue weighted by Crippen LogP contribution is 2.14. The van der Waals surface area contributed by atoms with Crippen LogP contribution in [0.25, 0.3) is 0 Å². The summed E-state index contributed by atoms with van der Waals surface area (Å²) in [6.07, 6.45) is 4.19. The third-order valence-corrected chi connectivity index (χ3v) is 2.84. The maximum Gasteiger partial charge on any atom is 0.270 e. The van der Waals surface area contributed by atoms with Crippen molar-refractivity contribution in [1.29, 1.82) is 0 Å². The van der Waals surface area contributed by atoms with Crippen LogP contribution in [0.1, 0.15) is 19.8 Å². The minimum atomic E-state index is -2.04. The summed E-state index contributed by atoms with van der Waals surface area (Å²) in [7, 11) is 0. The molecule has 0 aliphatic carbocycles. The number of unbranched alkanes of at least 4 members (excludes halogenated alkanes) is 1. The second-order valence-electron chi connectivity index (χ2n) is 2.79. The van der Waals surface area contributed by atoms with Gasteiger partial charge in [0, 0.05) is 6.61 Å². The molecular formula is C8H16Cl2OSi. The third kappa shape index (κ3) is 10.5. The molecular weight excluding hydrogens is 211 g/mol. The number of hydrogen-bond donors (Lipinski definition) is 0. The van der Waals surface area contributed by atoms with Gasteiger partial charge in [-0.2, -0.15) is 0 Å². The SMILES string of the molecule is CCCCOC/C=C/[Si](C)(Cl)Cl. The molecule has 0 radical (unpaired) electrons. The van der Waals surface area contributed by atoms with Crippen molar-refractivity contribution in [2.45, 2.75) is 26.3 Å². The van der Waals surface area contributed by atoms with Gasteiger partial charge in [0.25, 0.3) is 6.69 Å². The van der Waals surface area contributed by atoms with E-state index in [1.165, 1.54) is 6.42 Å². The molecule has 0 atom stereocenters. The zero-order valence-corrected chi connectivity index (χ0v) is 10.2. The van der Waals surface area contributed by atoms with Crippen LogP contribution in [0, 0.1) is 0 Å². The van der Waals surface area contributed by atoms with Gasteiger partial charge in [0.05, 0.1) is 6.61 Å². The van der Waals surface area contributed by atoms with Crippen LogP contribution in [0.3, 0.4) is 0 Å². The van der Waals surface area contributed by atoms with Crippen molar-refractivity contribution in [2.75, 3.05) is 13.2 Å². The molecule has 0 aromatic heterocycles.